The first-order valence-corrected chi connectivity index (χ1v) is 12.0. The molecular weight excluding hydrogens is 488 g/mol. The summed E-state index contributed by atoms with van der Waals surface area (Å²) in [5, 5.41) is 3.77. The number of nitrogens with two attached hydrogens (primary N) is 1. The van der Waals surface area contributed by atoms with E-state index in [1.54, 1.807) is 27.2 Å². The van der Waals surface area contributed by atoms with Crippen LogP contribution in [0.1, 0.15) is 33.4 Å². The maximum atomic E-state index is 11.4. The van der Waals surface area contributed by atoms with Crippen LogP contribution in [-0.4, -0.2) is 57.9 Å². The Morgan fingerprint density at radius 1 is 1.31 bits per heavy atom. The van der Waals surface area contributed by atoms with Gasteiger partial charge >= 0.3 is 5.97 Å². The van der Waals surface area contributed by atoms with Crippen LogP contribution in [0.4, 0.5) is 11.8 Å². The van der Waals surface area contributed by atoms with Gasteiger partial charge in [-0.1, -0.05) is 36.7 Å². The molecule has 12 nitrogen and oxygen atoms in total. The van der Waals surface area contributed by atoms with Crippen molar-refractivity contribution in [3.63, 3.8) is 0 Å². The summed E-state index contributed by atoms with van der Waals surface area (Å²) in [5.41, 5.74) is 12.3. The van der Waals surface area contributed by atoms with Crippen LogP contribution in [0.5, 0.6) is 0 Å². The minimum Gasteiger partial charge on any atom is -0.462 e. The Morgan fingerprint density at radius 3 is 2.69 bits per heavy atom. The first-order chi connectivity index (χ1) is 17.3. The van der Waals surface area contributed by atoms with Crippen LogP contribution in [0.15, 0.2) is 36.7 Å². The van der Waals surface area contributed by atoms with E-state index in [0.29, 0.717) is 23.6 Å². The second-order valence-electron chi connectivity index (χ2n) is 8.47. The minimum absolute atomic E-state index is 0.00131. The molecule has 0 radical (unpaired) electrons. The lowest BCUT2D eigenvalue weighted by atomic mass is 10.1. The molecular formula is C23H33ClN8O4. The average Bonchev–Trinajstić information content (AvgIpc) is 3.41. The third-order valence-electron chi connectivity index (χ3n) is 5.15. The molecule has 1 aliphatic rings. The molecule has 0 bridgehead atoms. The molecule has 0 spiro atoms. The van der Waals surface area contributed by atoms with Crippen molar-refractivity contribution in [2.24, 2.45) is 5.92 Å². The number of fused-ring (bicyclic) bond motifs is 1. The second kappa shape index (κ2) is 13.3. The van der Waals surface area contributed by atoms with E-state index in [9.17, 15) is 4.79 Å². The molecule has 0 aliphatic carbocycles. The van der Waals surface area contributed by atoms with Crippen molar-refractivity contribution in [1.82, 2.24) is 30.5 Å². The van der Waals surface area contributed by atoms with Gasteiger partial charge in [0.2, 0.25) is 5.95 Å². The molecule has 13 heteroatoms. The number of carbonyl (C=O) groups excluding carboxylic acids is 1. The van der Waals surface area contributed by atoms with Gasteiger partial charge in [-0.15, -0.1) is 5.59 Å². The molecule has 36 heavy (non-hydrogen) atoms. The van der Waals surface area contributed by atoms with Crippen LogP contribution < -0.4 is 22.1 Å². The summed E-state index contributed by atoms with van der Waals surface area (Å²) in [5.74, 6) is 0.587. The number of esters is 1. The van der Waals surface area contributed by atoms with Crippen LogP contribution in [0.3, 0.4) is 0 Å². The number of hydrazine groups is 1. The Labute approximate surface area is 214 Å². The van der Waals surface area contributed by atoms with Crippen molar-refractivity contribution in [1.29, 1.82) is 0 Å². The number of halogens is 1. The van der Waals surface area contributed by atoms with Gasteiger partial charge in [0.1, 0.15) is 12.8 Å². The molecule has 0 saturated carbocycles. The second-order valence-corrected chi connectivity index (χ2v) is 8.90. The fourth-order valence-electron chi connectivity index (χ4n) is 3.67. The quantitative estimate of drug-likeness (QED) is 0.187. The van der Waals surface area contributed by atoms with Gasteiger partial charge in [-0.25, -0.2) is 10.4 Å². The van der Waals surface area contributed by atoms with E-state index >= 15 is 0 Å². The van der Waals surface area contributed by atoms with Crippen LogP contribution in [-0.2, 0) is 19.1 Å². The zero-order valence-corrected chi connectivity index (χ0v) is 21.5. The average molecular weight is 521 g/mol. The molecule has 0 amide bonds. The molecule has 4 rings (SSSR count). The van der Waals surface area contributed by atoms with E-state index in [1.165, 1.54) is 0 Å². The molecule has 2 aromatic heterocycles. The lowest BCUT2D eigenvalue weighted by Crippen LogP contribution is -2.39. The van der Waals surface area contributed by atoms with Gasteiger partial charge in [0.15, 0.2) is 17.0 Å². The molecule has 1 aliphatic heterocycles. The van der Waals surface area contributed by atoms with Crippen molar-refractivity contribution < 1.29 is 19.1 Å². The lowest BCUT2D eigenvalue weighted by molar-refractivity contribution is -0.148. The highest BCUT2D eigenvalue weighted by Gasteiger charge is 2.35. The maximum absolute atomic E-state index is 11.4. The summed E-state index contributed by atoms with van der Waals surface area (Å²) in [6.45, 7) is 5.98. The van der Waals surface area contributed by atoms with Crippen molar-refractivity contribution in [2.45, 2.75) is 45.6 Å². The molecule has 1 fully saturated rings. The molecule has 196 valence electrons. The fraction of sp³-hybridized carbons (Fsp3) is 0.478. The normalized spacial score (nSPS) is 19.2. The van der Waals surface area contributed by atoms with E-state index in [1.807, 2.05) is 34.9 Å². The SMILES string of the molecule is CNc1nc(N)nc2c1ncn2C1OC(CONNCC(=O)OC(C)C)CC1C.Clc1ccccc1. The number of nitrogens with one attached hydrogen (secondary N) is 3. The zero-order valence-electron chi connectivity index (χ0n) is 20.8. The molecule has 1 saturated heterocycles. The van der Waals surface area contributed by atoms with Crippen molar-refractivity contribution >= 4 is 40.5 Å². The highest BCUT2D eigenvalue weighted by molar-refractivity contribution is 6.30. The monoisotopic (exact) mass is 520 g/mol. The third-order valence-corrected chi connectivity index (χ3v) is 5.40. The van der Waals surface area contributed by atoms with E-state index < -0.39 is 0 Å². The van der Waals surface area contributed by atoms with Gasteiger partial charge < -0.3 is 20.5 Å². The molecule has 1 aromatic carbocycles. The largest absolute Gasteiger partial charge is 0.462 e. The number of nitrogen functional groups attached to an aromatic ring is 1. The predicted molar refractivity (Wildman–Crippen MR) is 137 cm³/mol. The number of anilines is 2. The predicted octanol–water partition coefficient (Wildman–Crippen LogP) is 2.69. The van der Waals surface area contributed by atoms with Gasteiger partial charge in [-0.05, 0) is 32.4 Å². The molecule has 3 unspecified atom stereocenters. The number of hydrogen-bond donors (Lipinski definition) is 4. The van der Waals surface area contributed by atoms with Crippen molar-refractivity contribution in [3.8, 4) is 0 Å². The lowest BCUT2D eigenvalue weighted by Gasteiger charge is -2.18. The van der Waals surface area contributed by atoms with Crippen LogP contribution in [0.2, 0.25) is 5.02 Å². The van der Waals surface area contributed by atoms with Crippen molar-refractivity contribution in [3.05, 3.63) is 41.7 Å². The summed E-state index contributed by atoms with van der Waals surface area (Å²) >= 11 is 5.54. The topological polar surface area (TPSA) is 150 Å². The number of hydrogen-bond acceptors (Lipinski definition) is 11. The molecule has 5 N–H and O–H groups in total. The number of rotatable bonds is 9. The Hall–Kier alpha value is -3.03. The molecule has 3 atom stereocenters. The first-order valence-electron chi connectivity index (χ1n) is 11.6. The smallest absolute Gasteiger partial charge is 0.321 e. The van der Waals surface area contributed by atoms with Gasteiger partial charge in [0, 0.05) is 18.0 Å². The zero-order chi connectivity index (χ0) is 26.1. The number of carbonyl (C=O) groups is 1. The Bertz CT molecular complexity index is 1110. The number of nitrogens with zero attached hydrogens (tertiary/aromatic N) is 4. The molecule has 3 heterocycles. The number of aromatic nitrogens is 4. The third kappa shape index (κ3) is 7.73. The fourth-order valence-corrected chi connectivity index (χ4v) is 3.82. The Kier molecular flexibility index (Phi) is 10.2. The number of benzene rings is 1. The van der Waals surface area contributed by atoms with Crippen LogP contribution in [0.25, 0.3) is 11.2 Å². The van der Waals surface area contributed by atoms with Crippen LogP contribution in [0, 0.1) is 5.92 Å². The van der Waals surface area contributed by atoms with Crippen molar-refractivity contribution in [2.75, 3.05) is 31.2 Å². The van der Waals surface area contributed by atoms with E-state index in [2.05, 4.69) is 38.2 Å². The van der Waals surface area contributed by atoms with Gasteiger partial charge in [0.25, 0.3) is 0 Å². The Morgan fingerprint density at radius 2 is 2.06 bits per heavy atom. The highest BCUT2D eigenvalue weighted by atomic mass is 35.5. The van der Waals surface area contributed by atoms with Gasteiger partial charge in [0.05, 0.1) is 25.1 Å². The summed E-state index contributed by atoms with van der Waals surface area (Å²) in [7, 11) is 1.76. The minimum atomic E-state index is -0.365. The highest BCUT2D eigenvalue weighted by Crippen LogP contribution is 2.36. The number of ether oxygens (including phenoxy) is 2. The van der Waals surface area contributed by atoms with E-state index in [-0.39, 0.29) is 42.8 Å². The summed E-state index contributed by atoms with van der Waals surface area (Å²) in [6.07, 6.45) is 1.94. The summed E-state index contributed by atoms with van der Waals surface area (Å²) in [6, 6.07) is 9.44. The van der Waals surface area contributed by atoms with E-state index in [0.717, 1.165) is 11.4 Å². The van der Waals surface area contributed by atoms with Gasteiger partial charge in [-0.3, -0.25) is 14.2 Å². The van der Waals surface area contributed by atoms with Crippen LogP contribution >= 0.6 is 11.6 Å². The van der Waals surface area contributed by atoms with Gasteiger partial charge in [-0.2, -0.15) is 9.97 Å². The summed E-state index contributed by atoms with van der Waals surface area (Å²) < 4.78 is 13.0. The first kappa shape index (κ1) is 27.6. The standard InChI is InChI=1S/C17H28N8O4.C6H5Cl/c1-9(2)28-12(26)6-21-24-27-7-11-5-10(3)16(29-11)25-8-20-13-14(19-4)22-17(18)23-15(13)25;7-6-4-2-1-3-5-6/h8-11,16,21,24H,5-7H2,1-4H3,(H3,18,19,22,23);1-5H. The summed E-state index contributed by atoms with van der Waals surface area (Å²) in [4.78, 5) is 29.7. The Balaban J connectivity index is 0.000000444. The maximum Gasteiger partial charge on any atom is 0.321 e. The number of imidazole rings is 1. The van der Waals surface area contributed by atoms with E-state index in [4.69, 9.17) is 31.6 Å². The molecule has 3 aromatic rings.